The summed E-state index contributed by atoms with van der Waals surface area (Å²) >= 11 is 0. The van der Waals surface area contributed by atoms with Gasteiger partial charge in [0.05, 0.1) is 6.04 Å². The zero-order chi connectivity index (χ0) is 14.8. The van der Waals surface area contributed by atoms with Crippen LogP contribution < -0.4 is 10.5 Å². The molecule has 1 saturated heterocycles. The zero-order valence-electron chi connectivity index (χ0n) is 12.1. The van der Waals surface area contributed by atoms with Gasteiger partial charge in [0, 0.05) is 25.2 Å². The third-order valence-corrected chi connectivity index (χ3v) is 4.91. The minimum atomic E-state index is -2.80. The molecule has 116 valence electrons. The first kappa shape index (κ1) is 14.7. The number of likely N-dealkylation sites (tertiary alicyclic amines) is 1. The highest BCUT2D eigenvalue weighted by Crippen LogP contribution is 2.42. The summed E-state index contributed by atoms with van der Waals surface area (Å²) in [4.78, 5) is 2.35. The summed E-state index contributed by atoms with van der Waals surface area (Å²) in [5, 5.41) is 0. The van der Waals surface area contributed by atoms with Crippen LogP contribution in [0.3, 0.4) is 0 Å². The molecule has 3 nitrogen and oxygen atoms in total. The molecule has 5 heteroatoms. The highest BCUT2D eigenvalue weighted by molar-refractivity contribution is 5.36. The molecule has 0 spiro atoms. The van der Waals surface area contributed by atoms with Crippen molar-refractivity contribution >= 4 is 0 Å². The van der Waals surface area contributed by atoms with Gasteiger partial charge in [-0.05, 0) is 30.7 Å². The number of para-hydroxylation sites is 1. The predicted octanol–water partition coefficient (Wildman–Crippen LogP) is 3.02. The maximum Gasteiger partial charge on any atom is 0.387 e. The van der Waals surface area contributed by atoms with Crippen molar-refractivity contribution in [1.82, 2.24) is 4.90 Å². The van der Waals surface area contributed by atoms with Gasteiger partial charge in [0.2, 0.25) is 0 Å². The molecule has 0 aromatic heterocycles. The van der Waals surface area contributed by atoms with Crippen molar-refractivity contribution in [2.45, 2.75) is 31.9 Å². The summed E-state index contributed by atoms with van der Waals surface area (Å²) in [5.74, 6) is 1.75. The van der Waals surface area contributed by atoms with E-state index in [1.165, 1.54) is 19.3 Å². The van der Waals surface area contributed by atoms with Crippen molar-refractivity contribution in [3.05, 3.63) is 29.8 Å². The van der Waals surface area contributed by atoms with Crippen LogP contribution >= 0.6 is 0 Å². The fourth-order valence-electron chi connectivity index (χ4n) is 3.96. The molecule has 2 N–H and O–H groups in total. The van der Waals surface area contributed by atoms with Crippen molar-refractivity contribution in [3.8, 4) is 5.75 Å². The lowest BCUT2D eigenvalue weighted by Crippen LogP contribution is -2.33. The fraction of sp³-hybridized carbons (Fsp3) is 0.625. The number of rotatable bonds is 5. The summed E-state index contributed by atoms with van der Waals surface area (Å²) in [6.45, 7) is -0.337. The van der Waals surface area contributed by atoms with Crippen LogP contribution in [0.5, 0.6) is 5.75 Å². The van der Waals surface area contributed by atoms with E-state index >= 15 is 0 Å². The minimum absolute atomic E-state index is 0.0365. The quantitative estimate of drug-likeness (QED) is 0.907. The molecule has 3 rings (SSSR count). The van der Waals surface area contributed by atoms with Gasteiger partial charge < -0.3 is 10.5 Å². The Labute approximate surface area is 124 Å². The Hall–Kier alpha value is -1.20. The van der Waals surface area contributed by atoms with Gasteiger partial charge >= 0.3 is 6.61 Å². The van der Waals surface area contributed by atoms with Crippen molar-refractivity contribution in [1.29, 1.82) is 0 Å². The number of fused-ring (bicyclic) bond motifs is 1. The minimum Gasteiger partial charge on any atom is -0.434 e. The highest BCUT2D eigenvalue weighted by Gasteiger charge is 2.39. The number of benzene rings is 1. The van der Waals surface area contributed by atoms with E-state index in [9.17, 15) is 8.78 Å². The fourth-order valence-corrected chi connectivity index (χ4v) is 3.96. The van der Waals surface area contributed by atoms with Crippen LogP contribution in [0.15, 0.2) is 24.3 Å². The molecule has 0 radical (unpaired) electrons. The van der Waals surface area contributed by atoms with Gasteiger partial charge in [0.1, 0.15) is 5.75 Å². The average molecular weight is 296 g/mol. The second-order valence-electron chi connectivity index (χ2n) is 6.07. The number of ether oxygens (including phenoxy) is 1. The number of hydrogen-bond acceptors (Lipinski definition) is 3. The molecule has 1 aromatic rings. The van der Waals surface area contributed by atoms with Crippen LogP contribution in [0, 0.1) is 11.8 Å². The largest absolute Gasteiger partial charge is 0.434 e. The summed E-state index contributed by atoms with van der Waals surface area (Å²) in [6, 6.07) is 6.98. The standard InChI is InChI=1S/C16H22F2N2O/c17-16(18)21-15-7-2-1-6-13(15)14(8-19)20-9-11-4-3-5-12(11)10-20/h1-2,6-7,11-12,14,16H,3-5,8-10,19H2. The summed E-state index contributed by atoms with van der Waals surface area (Å²) < 4.78 is 29.8. The van der Waals surface area contributed by atoms with Gasteiger partial charge in [0.15, 0.2) is 0 Å². The first-order chi connectivity index (χ1) is 10.2. The van der Waals surface area contributed by atoms with Crippen LogP contribution in [0.4, 0.5) is 8.78 Å². The molecule has 1 aliphatic heterocycles. The Morgan fingerprint density at radius 3 is 2.48 bits per heavy atom. The topological polar surface area (TPSA) is 38.5 Å². The number of alkyl halides is 2. The molecule has 0 bridgehead atoms. The normalized spacial score (nSPS) is 27.0. The molecule has 1 aliphatic carbocycles. The van der Waals surface area contributed by atoms with Gasteiger partial charge in [-0.3, -0.25) is 4.90 Å². The monoisotopic (exact) mass is 296 g/mol. The van der Waals surface area contributed by atoms with Crippen molar-refractivity contribution < 1.29 is 13.5 Å². The highest BCUT2D eigenvalue weighted by atomic mass is 19.3. The molecule has 3 atom stereocenters. The van der Waals surface area contributed by atoms with Crippen LogP contribution in [0.1, 0.15) is 30.9 Å². The van der Waals surface area contributed by atoms with Crippen LogP contribution in [-0.2, 0) is 0 Å². The Morgan fingerprint density at radius 1 is 1.19 bits per heavy atom. The average Bonchev–Trinajstić information content (AvgIpc) is 3.02. The summed E-state index contributed by atoms with van der Waals surface area (Å²) in [6.07, 6.45) is 3.89. The molecule has 1 heterocycles. The lowest BCUT2D eigenvalue weighted by molar-refractivity contribution is -0.0511. The zero-order valence-corrected chi connectivity index (χ0v) is 12.1. The van der Waals surface area contributed by atoms with Gasteiger partial charge in [-0.2, -0.15) is 8.78 Å². The second kappa shape index (κ2) is 6.28. The maximum atomic E-state index is 12.6. The predicted molar refractivity (Wildman–Crippen MR) is 77.3 cm³/mol. The van der Waals surface area contributed by atoms with E-state index in [1.54, 1.807) is 12.1 Å². The number of nitrogens with two attached hydrogens (primary N) is 1. The van der Waals surface area contributed by atoms with Gasteiger partial charge in [-0.25, -0.2) is 0 Å². The molecule has 1 aromatic carbocycles. The number of halogens is 2. The SMILES string of the molecule is NCC(c1ccccc1OC(F)F)N1CC2CCCC2C1. The summed E-state index contributed by atoms with van der Waals surface area (Å²) in [5.41, 5.74) is 6.73. The molecule has 2 fully saturated rings. The molecular weight excluding hydrogens is 274 g/mol. The van der Waals surface area contributed by atoms with Crippen molar-refractivity contribution in [2.75, 3.05) is 19.6 Å². The first-order valence-electron chi connectivity index (χ1n) is 7.67. The van der Waals surface area contributed by atoms with E-state index in [2.05, 4.69) is 9.64 Å². The summed E-state index contributed by atoms with van der Waals surface area (Å²) in [7, 11) is 0. The molecular formula is C16H22F2N2O. The number of nitrogens with zero attached hydrogens (tertiary/aromatic N) is 1. The van der Waals surface area contributed by atoms with Gasteiger partial charge in [-0.15, -0.1) is 0 Å². The second-order valence-corrected chi connectivity index (χ2v) is 6.07. The van der Waals surface area contributed by atoms with E-state index in [0.717, 1.165) is 30.5 Å². The van der Waals surface area contributed by atoms with E-state index in [4.69, 9.17) is 5.73 Å². The smallest absolute Gasteiger partial charge is 0.387 e. The van der Waals surface area contributed by atoms with E-state index in [-0.39, 0.29) is 11.8 Å². The maximum absolute atomic E-state index is 12.6. The Bertz CT molecular complexity index is 471. The molecule has 2 aliphatic rings. The molecule has 1 saturated carbocycles. The van der Waals surface area contributed by atoms with Crippen LogP contribution in [0.25, 0.3) is 0 Å². The molecule has 0 amide bonds. The molecule has 21 heavy (non-hydrogen) atoms. The van der Waals surface area contributed by atoms with Crippen molar-refractivity contribution in [3.63, 3.8) is 0 Å². The van der Waals surface area contributed by atoms with Gasteiger partial charge in [0.25, 0.3) is 0 Å². The van der Waals surface area contributed by atoms with E-state index < -0.39 is 6.61 Å². The van der Waals surface area contributed by atoms with E-state index in [1.807, 2.05) is 12.1 Å². The van der Waals surface area contributed by atoms with E-state index in [0.29, 0.717) is 6.54 Å². The van der Waals surface area contributed by atoms with Gasteiger partial charge in [-0.1, -0.05) is 24.6 Å². The third kappa shape index (κ3) is 3.04. The first-order valence-corrected chi connectivity index (χ1v) is 7.67. The Morgan fingerprint density at radius 2 is 1.86 bits per heavy atom. The lowest BCUT2D eigenvalue weighted by atomic mass is 10.0. The number of hydrogen-bond donors (Lipinski definition) is 1. The van der Waals surface area contributed by atoms with Crippen LogP contribution in [-0.4, -0.2) is 31.1 Å². The molecule has 3 unspecified atom stereocenters. The lowest BCUT2D eigenvalue weighted by Gasteiger charge is -2.29. The van der Waals surface area contributed by atoms with Crippen molar-refractivity contribution in [2.24, 2.45) is 17.6 Å². The Balaban J connectivity index is 1.80. The Kier molecular flexibility index (Phi) is 4.40. The third-order valence-electron chi connectivity index (χ3n) is 4.91. The van der Waals surface area contributed by atoms with Crippen LogP contribution in [0.2, 0.25) is 0 Å².